The molecule has 0 fully saturated rings. The number of H-pyrrole nitrogens is 1. The van der Waals surface area contributed by atoms with E-state index in [1.807, 2.05) is 24.3 Å². The zero-order chi connectivity index (χ0) is 27.3. The van der Waals surface area contributed by atoms with Crippen LogP contribution in [0.3, 0.4) is 0 Å². The van der Waals surface area contributed by atoms with E-state index in [2.05, 4.69) is 26.9 Å². The molecule has 1 heterocycles. The first-order chi connectivity index (χ1) is 18.1. The van der Waals surface area contributed by atoms with Gasteiger partial charge in [0.25, 0.3) is 5.91 Å². The van der Waals surface area contributed by atoms with Gasteiger partial charge < -0.3 is 24.9 Å². The average molecular weight is 523 g/mol. The Morgan fingerprint density at radius 1 is 1.03 bits per heavy atom. The van der Waals surface area contributed by atoms with Crippen LogP contribution in [-0.2, 0) is 6.42 Å². The predicted molar refractivity (Wildman–Crippen MR) is 137 cm³/mol. The van der Waals surface area contributed by atoms with Gasteiger partial charge in [-0.2, -0.15) is 0 Å². The summed E-state index contributed by atoms with van der Waals surface area (Å²) in [6.45, 7) is 1.16. The summed E-state index contributed by atoms with van der Waals surface area (Å²) < 4.78 is 48.6. The van der Waals surface area contributed by atoms with Gasteiger partial charge in [0, 0.05) is 28.2 Å². The Bertz CT molecular complexity index is 1520. The van der Waals surface area contributed by atoms with Crippen LogP contribution in [0.15, 0.2) is 72.9 Å². The molecule has 9 heteroatoms. The SMILES string of the molecule is COc1cccc(C#Cc2ccc(OC(F)(F)F)c(C(=O)NC(C)(CO)Cc3c[nH]c4ccccc34)c2)c1. The highest BCUT2D eigenvalue weighted by Gasteiger charge is 2.34. The molecule has 3 N–H and O–H groups in total. The monoisotopic (exact) mass is 522 g/mol. The lowest BCUT2D eigenvalue weighted by molar-refractivity contribution is -0.274. The van der Waals surface area contributed by atoms with Crippen LogP contribution in [-0.4, -0.2) is 41.6 Å². The number of carbonyl (C=O) groups is 1. The Morgan fingerprint density at radius 3 is 2.47 bits per heavy atom. The summed E-state index contributed by atoms with van der Waals surface area (Å²) in [5.74, 6) is 4.85. The summed E-state index contributed by atoms with van der Waals surface area (Å²) in [4.78, 5) is 16.4. The number of aliphatic hydroxyl groups excluding tert-OH is 1. The lowest BCUT2D eigenvalue weighted by Gasteiger charge is -2.29. The molecule has 1 amide bonds. The van der Waals surface area contributed by atoms with E-state index in [0.29, 0.717) is 16.9 Å². The molecule has 6 nitrogen and oxygen atoms in total. The number of nitrogens with one attached hydrogen (secondary N) is 2. The van der Waals surface area contributed by atoms with E-state index in [0.717, 1.165) is 22.5 Å². The maximum Gasteiger partial charge on any atom is 0.573 e. The number of aromatic amines is 1. The van der Waals surface area contributed by atoms with Gasteiger partial charge in [-0.05, 0) is 61.4 Å². The second kappa shape index (κ2) is 10.9. The van der Waals surface area contributed by atoms with Gasteiger partial charge in [0.1, 0.15) is 11.5 Å². The van der Waals surface area contributed by atoms with Crippen molar-refractivity contribution in [1.82, 2.24) is 10.3 Å². The van der Waals surface area contributed by atoms with E-state index in [1.165, 1.54) is 19.2 Å². The lowest BCUT2D eigenvalue weighted by Crippen LogP contribution is -2.50. The summed E-state index contributed by atoms with van der Waals surface area (Å²) in [5.41, 5.74) is 1.10. The minimum atomic E-state index is -5.01. The summed E-state index contributed by atoms with van der Waals surface area (Å²) in [6, 6.07) is 18.1. The van der Waals surface area contributed by atoms with Crippen molar-refractivity contribution in [2.45, 2.75) is 25.2 Å². The number of rotatable bonds is 7. The number of ether oxygens (including phenoxy) is 2. The zero-order valence-corrected chi connectivity index (χ0v) is 20.6. The number of carbonyl (C=O) groups excluding carboxylic acids is 1. The predicted octanol–water partition coefficient (Wildman–Crippen LogP) is 5.20. The molecule has 1 atom stereocenters. The molecule has 38 heavy (non-hydrogen) atoms. The number of aliphatic hydroxyl groups is 1. The molecule has 1 unspecified atom stereocenters. The molecule has 0 spiro atoms. The second-order valence-electron chi connectivity index (χ2n) is 8.95. The molecule has 196 valence electrons. The third-order valence-electron chi connectivity index (χ3n) is 5.89. The van der Waals surface area contributed by atoms with Crippen LogP contribution in [0, 0.1) is 11.8 Å². The van der Waals surface area contributed by atoms with Crippen LogP contribution in [0.5, 0.6) is 11.5 Å². The maximum atomic E-state index is 13.3. The van der Waals surface area contributed by atoms with E-state index in [-0.39, 0.29) is 12.0 Å². The van der Waals surface area contributed by atoms with Gasteiger partial charge in [-0.25, -0.2) is 0 Å². The molecule has 0 saturated carbocycles. The number of hydrogen-bond acceptors (Lipinski definition) is 4. The molecule has 4 aromatic rings. The van der Waals surface area contributed by atoms with Crippen molar-refractivity contribution in [3.63, 3.8) is 0 Å². The molecule has 0 aliphatic rings. The van der Waals surface area contributed by atoms with E-state index < -0.39 is 30.2 Å². The fraction of sp³-hybridized carbons (Fsp3) is 0.207. The van der Waals surface area contributed by atoms with Crippen LogP contribution in [0.25, 0.3) is 10.9 Å². The Labute approximate surface area is 217 Å². The molecule has 0 radical (unpaired) electrons. The van der Waals surface area contributed by atoms with Crippen LogP contribution >= 0.6 is 0 Å². The van der Waals surface area contributed by atoms with Crippen LogP contribution < -0.4 is 14.8 Å². The highest BCUT2D eigenvalue weighted by Crippen LogP contribution is 2.29. The number of halogens is 3. The van der Waals surface area contributed by atoms with Crippen molar-refractivity contribution in [3.8, 4) is 23.3 Å². The number of para-hydroxylation sites is 1. The van der Waals surface area contributed by atoms with Crippen LogP contribution in [0.1, 0.15) is 34.0 Å². The van der Waals surface area contributed by atoms with Gasteiger partial charge >= 0.3 is 6.36 Å². The minimum absolute atomic E-state index is 0.226. The molecular formula is C29H25F3N2O4. The van der Waals surface area contributed by atoms with E-state index in [4.69, 9.17) is 4.74 Å². The molecule has 1 aromatic heterocycles. The Hall–Kier alpha value is -4.42. The van der Waals surface area contributed by atoms with Gasteiger partial charge in [-0.3, -0.25) is 4.79 Å². The summed E-state index contributed by atoms with van der Waals surface area (Å²) >= 11 is 0. The third kappa shape index (κ3) is 6.47. The maximum absolute atomic E-state index is 13.3. The first-order valence-electron chi connectivity index (χ1n) is 11.6. The molecule has 4 rings (SSSR count). The van der Waals surface area contributed by atoms with Crippen LogP contribution in [0.4, 0.5) is 13.2 Å². The Morgan fingerprint density at radius 2 is 1.76 bits per heavy atom. The van der Waals surface area contributed by atoms with Crippen molar-refractivity contribution in [1.29, 1.82) is 0 Å². The summed E-state index contributed by atoms with van der Waals surface area (Å²) in [5, 5.41) is 13.8. The highest BCUT2D eigenvalue weighted by atomic mass is 19.4. The van der Waals surface area contributed by atoms with Crippen LogP contribution in [0.2, 0.25) is 0 Å². The summed E-state index contributed by atoms with van der Waals surface area (Å²) in [6.07, 6.45) is -3.01. The van der Waals surface area contributed by atoms with Crippen molar-refractivity contribution in [3.05, 3.63) is 95.2 Å². The quantitative estimate of drug-likeness (QED) is 0.292. The van der Waals surface area contributed by atoms with Gasteiger partial charge in [0.2, 0.25) is 0 Å². The smallest absolute Gasteiger partial charge is 0.497 e. The summed E-state index contributed by atoms with van der Waals surface area (Å²) in [7, 11) is 1.52. The average Bonchev–Trinajstić information content (AvgIpc) is 3.29. The third-order valence-corrected chi connectivity index (χ3v) is 5.89. The van der Waals surface area contributed by atoms with E-state index in [1.54, 1.807) is 37.4 Å². The molecular weight excluding hydrogens is 497 g/mol. The Balaban J connectivity index is 1.64. The molecule has 0 saturated heterocycles. The zero-order valence-electron chi connectivity index (χ0n) is 20.6. The minimum Gasteiger partial charge on any atom is -0.497 e. The topological polar surface area (TPSA) is 83.6 Å². The number of aromatic nitrogens is 1. The second-order valence-corrected chi connectivity index (χ2v) is 8.95. The molecule has 0 aliphatic heterocycles. The standard InChI is InChI=1S/C29H25F3N2O4/c1-28(18-35,16-21-17-33-25-9-4-3-8-23(21)25)34-27(36)24-15-20(12-13-26(24)38-29(30,31)32)11-10-19-6-5-7-22(14-19)37-2/h3-9,12-15,17,33,35H,16,18H2,1-2H3,(H,34,36). The fourth-order valence-electron chi connectivity index (χ4n) is 4.02. The molecule has 0 aliphatic carbocycles. The Kier molecular flexibility index (Phi) is 7.65. The number of benzene rings is 3. The van der Waals surface area contributed by atoms with Crippen molar-refractivity contribution < 1.29 is 32.5 Å². The van der Waals surface area contributed by atoms with Crippen molar-refractivity contribution in [2.24, 2.45) is 0 Å². The van der Waals surface area contributed by atoms with Gasteiger partial charge in [-0.15, -0.1) is 13.2 Å². The van der Waals surface area contributed by atoms with Crippen molar-refractivity contribution >= 4 is 16.8 Å². The number of fused-ring (bicyclic) bond motifs is 1. The molecule has 0 bridgehead atoms. The lowest BCUT2D eigenvalue weighted by atomic mass is 9.92. The fourth-order valence-corrected chi connectivity index (χ4v) is 4.02. The van der Waals surface area contributed by atoms with Gasteiger partial charge in [-0.1, -0.05) is 36.1 Å². The largest absolute Gasteiger partial charge is 0.573 e. The molecule has 3 aromatic carbocycles. The highest BCUT2D eigenvalue weighted by molar-refractivity contribution is 5.98. The first-order valence-corrected chi connectivity index (χ1v) is 11.6. The van der Waals surface area contributed by atoms with Gasteiger partial charge in [0.15, 0.2) is 0 Å². The van der Waals surface area contributed by atoms with E-state index >= 15 is 0 Å². The number of methoxy groups -OCH3 is 1. The number of alkyl halides is 3. The van der Waals surface area contributed by atoms with E-state index in [9.17, 15) is 23.1 Å². The van der Waals surface area contributed by atoms with Gasteiger partial charge in [0.05, 0.1) is 24.8 Å². The van der Waals surface area contributed by atoms with Crippen molar-refractivity contribution in [2.75, 3.05) is 13.7 Å². The number of amides is 1. The number of hydrogen-bond donors (Lipinski definition) is 3. The normalized spacial score (nSPS) is 12.8. The first kappa shape index (κ1) is 26.6.